The van der Waals surface area contributed by atoms with Crippen molar-refractivity contribution in [1.82, 2.24) is 10.6 Å². The maximum absolute atomic E-state index is 11.4. The van der Waals surface area contributed by atoms with E-state index in [1.165, 1.54) is 0 Å². The third-order valence-electron chi connectivity index (χ3n) is 1.88. The molecule has 0 aromatic carbocycles. The molecule has 4 nitrogen and oxygen atoms in total. The number of hydrogen-bond donors (Lipinski definition) is 2. The fraction of sp³-hybridized carbons (Fsp3) is 0.727. The number of hydrogen-bond acceptors (Lipinski definition) is 3. The minimum absolute atomic E-state index is 0.0123. The Morgan fingerprint density at radius 1 is 1.60 bits per heavy atom. The Morgan fingerprint density at radius 3 is 2.67 bits per heavy atom. The molecule has 86 valence electrons. The number of carbonyl (C=O) groups is 1. The molecule has 1 amide bonds. The molecule has 0 aromatic rings. The van der Waals surface area contributed by atoms with Gasteiger partial charge in [0.1, 0.15) is 0 Å². The number of terminal acetylenes is 1. The standard InChI is InChI=1S/C11H20N2O2/c1-6-11(3,4)12-7-10(14)13-9(2)8-15-5/h1,9,12H,7-8H2,2-5H3,(H,13,14). The average Bonchev–Trinajstić information content (AvgIpc) is 2.15. The van der Waals surface area contributed by atoms with E-state index in [0.717, 1.165) is 0 Å². The van der Waals surface area contributed by atoms with Crippen LogP contribution in [0.4, 0.5) is 0 Å². The van der Waals surface area contributed by atoms with E-state index in [1.54, 1.807) is 7.11 Å². The largest absolute Gasteiger partial charge is 0.383 e. The van der Waals surface area contributed by atoms with Crippen LogP contribution < -0.4 is 10.6 Å². The molecule has 0 aliphatic rings. The molecule has 4 heteroatoms. The highest BCUT2D eigenvalue weighted by molar-refractivity contribution is 5.78. The second kappa shape index (κ2) is 6.44. The van der Waals surface area contributed by atoms with E-state index in [1.807, 2.05) is 20.8 Å². The van der Waals surface area contributed by atoms with Gasteiger partial charge in [0.25, 0.3) is 0 Å². The fourth-order valence-corrected chi connectivity index (χ4v) is 0.970. The summed E-state index contributed by atoms with van der Waals surface area (Å²) in [5, 5.41) is 5.75. The second-order valence-electron chi connectivity index (χ2n) is 4.05. The molecule has 0 rings (SSSR count). The van der Waals surface area contributed by atoms with Crippen LogP contribution in [0.15, 0.2) is 0 Å². The topological polar surface area (TPSA) is 50.4 Å². The van der Waals surface area contributed by atoms with Gasteiger partial charge in [0, 0.05) is 13.2 Å². The van der Waals surface area contributed by atoms with Gasteiger partial charge < -0.3 is 10.1 Å². The molecule has 0 heterocycles. The first-order chi connectivity index (χ1) is 6.91. The lowest BCUT2D eigenvalue weighted by Gasteiger charge is -2.20. The van der Waals surface area contributed by atoms with Crippen molar-refractivity contribution in [2.45, 2.75) is 32.4 Å². The number of methoxy groups -OCH3 is 1. The lowest BCUT2D eigenvalue weighted by Crippen LogP contribution is -2.46. The first-order valence-electron chi connectivity index (χ1n) is 4.92. The van der Waals surface area contributed by atoms with Gasteiger partial charge in [0.05, 0.1) is 18.7 Å². The van der Waals surface area contributed by atoms with Crippen LogP contribution in [0.2, 0.25) is 0 Å². The van der Waals surface area contributed by atoms with Crippen LogP contribution in [0, 0.1) is 12.3 Å². The summed E-state index contributed by atoms with van der Waals surface area (Å²) in [5.74, 6) is 2.48. The van der Waals surface area contributed by atoms with E-state index in [2.05, 4.69) is 16.6 Å². The molecular weight excluding hydrogens is 192 g/mol. The molecule has 0 aromatic heterocycles. The molecule has 0 fully saturated rings. The molecular formula is C11H20N2O2. The third-order valence-corrected chi connectivity index (χ3v) is 1.88. The zero-order chi connectivity index (χ0) is 11.9. The molecule has 0 aliphatic carbocycles. The van der Waals surface area contributed by atoms with Gasteiger partial charge in [-0.1, -0.05) is 5.92 Å². The third kappa shape index (κ3) is 6.95. The lowest BCUT2D eigenvalue weighted by atomic mass is 10.1. The van der Waals surface area contributed by atoms with Gasteiger partial charge in [-0.2, -0.15) is 0 Å². The van der Waals surface area contributed by atoms with Crippen molar-refractivity contribution >= 4 is 5.91 Å². The van der Waals surface area contributed by atoms with Crippen LogP contribution in [-0.2, 0) is 9.53 Å². The Balaban J connectivity index is 3.81. The Hall–Kier alpha value is -1.05. The monoisotopic (exact) mass is 212 g/mol. The zero-order valence-corrected chi connectivity index (χ0v) is 9.89. The lowest BCUT2D eigenvalue weighted by molar-refractivity contribution is -0.121. The van der Waals surface area contributed by atoms with Gasteiger partial charge >= 0.3 is 0 Å². The molecule has 0 bridgehead atoms. The van der Waals surface area contributed by atoms with E-state index in [4.69, 9.17) is 11.2 Å². The molecule has 0 radical (unpaired) electrons. The minimum atomic E-state index is -0.457. The summed E-state index contributed by atoms with van der Waals surface area (Å²) < 4.78 is 4.90. The van der Waals surface area contributed by atoms with E-state index in [-0.39, 0.29) is 18.5 Å². The van der Waals surface area contributed by atoms with Gasteiger partial charge in [-0.15, -0.1) is 6.42 Å². The smallest absolute Gasteiger partial charge is 0.234 e. The van der Waals surface area contributed by atoms with Crippen LogP contribution in [0.1, 0.15) is 20.8 Å². The maximum atomic E-state index is 11.4. The van der Waals surface area contributed by atoms with Crippen LogP contribution in [-0.4, -0.2) is 37.7 Å². The quantitative estimate of drug-likeness (QED) is 0.616. The van der Waals surface area contributed by atoms with Crippen molar-refractivity contribution in [2.75, 3.05) is 20.3 Å². The summed E-state index contributed by atoms with van der Waals surface area (Å²) >= 11 is 0. The molecule has 0 spiro atoms. The predicted molar refractivity (Wildman–Crippen MR) is 60.4 cm³/mol. The highest BCUT2D eigenvalue weighted by Gasteiger charge is 2.15. The maximum Gasteiger partial charge on any atom is 0.234 e. The predicted octanol–water partition coefficient (Wildman–Crippen LogP) is 0.139. The van der Waals surface area contributed by atoms with Crippen molar-refractivity contribution in [2.24, 2.45) is 0 Å². The number of carbonyl (C=O) groups excluding carboxylic acids is 1. The van der Waals surface area contributed by atoms with Crippen molar-refractivity contribution in [3.63, 3.8) is 0 Å². The van der Waals surface area contributed by atoms with E-state index in [9.17, 15) is 4.79 Å². The molecule has 0 saturated carbocycles. The first-order valence-corrected chi connectivity index (χ1v) is 4.92. The minimum Gasteiger partial charge on any atom is -0.383 e. The van der Waals surface area contributed by atoms with Gasteiger partial charge in [0.2, 0.25) is 5.91 Å². The van der Waals surface area contributed by atoms with Crippen molar-refractivity contribution in [1.29, 1.82) is 0 Å². The van der Waals surface area contributed by atoms with Crippen LogP contribution >= 0.6 is 0 Å². The first kappa shape index (κ1) is 13.9. The molecule has 1 unspecified atom stereocenters. The van der Waals surface area contributed by atoms with Gasteiger partial charge in [-0.25, -0.2) is 0 Å². The summed E-state index contributed by atoms with van der Waals surface area (Å²) in [7, 11) is 1.60. The molecule has 15 heavy (non-hydrogen) atoms. The summed E-state index contributed by atoms with van der Waals surface area (Å²) in [5.41, 5.74) is -0.457. The Kier molecular flexibility index (Phi) is 5.99. The molecule has 0 saturated heterocycles. The summed E-state index contributed by atoms with van der Waals surface area (Å²) in [6.07, 6.45) is 5.28. The Labute approximate surface area is 91.8 Å². The van der Waals surface area contributed by atoms with E-state index >= 15 is 0 Å². The summed E-state index contributed by atoms with van der Waals surface area (Å²) in [6.45, 7) is 6.29. The normalized spacial score (nSPS) is 13.0. The zero-order valence-electron chi connectivity index (χ0n) is 9.89. The number of rotatable bonds is 6. The Bertz CT molecular complexity index is 243. The Morgan fingerprint density at radius 2 is 2.20 bits per heavy atom. The highest BCUT2D eigenvalue weighted by atomic mass is 16.5. The molecule has 0 aliphatic heterocycles. The van der Waals surface area contributed by atoms with Crippen LogP contribution in [0.25, 0.3) is 0 Å². The second-order valence-corrected chi connectivity index (χ2v) is 4.05. The molecule has 1 atom stereocenters. The van der Waals surface area contributed by atoms with Gasteiger partial charge in [-0.3, -0.25) is 10.1 Å². The molecule has 2 N–H and O–H groups in total. The SMILES string of the molecule is C#CC(C)(C)NCC(=O)NC(C)COC. The van der Waals surface area contributed by atoms with Crippen molar-refractivity contribution in [3.05, 3.63) is 0 Å². The average molecular weight is 212 g/mol. The van der Waals surface area contributed by atoms with Crippen molar-refractivity contribution in [3.8, 4) is 12.3 Å². The number of ether oxygens (including phenoxy) is 1. The van der Waals surface area contributed by atoms with Gasteiger partial charge in [0.15, 0.2) is 0 Å². The summed E-state index contributed by atoms with van der Waals surface area (Å²) in [4.78, 5) is 11.4. The van der Waals surface area contributed by atoms with Crippen LogP contribution in [0.5, 0.6) is 0 Å². The number of nitrogens with one attached hydrogen (secondary N) is 2. The number of amides is 1. The van der Waals surface area contributed by atoms with Gasteiger partial charge in [-0.05, 0) is 20.8 Å². The van der Waals surface area contributed by atoms with E-state index in [0.29, 0.717) is 6.61 Å². The summed E-state index contributed by atoms with van der Waals surface area (Å²) in [6, 6.07) is 0.0123. The van der Waals surface area contributed by atoms with Crippen molar-refractivity contribution < 1.29 is 9.53 Å². The highest BCUT2D eigenvalue weighted by Crippen LogP contribution is 1.97. The van der Waals surface area contributed by atoms with E-state index < -0.39 is 5.54 Å². The fourth-order valence-electron chi connectivity index (χ4n) is 0.970. The van der Waals surface area contributed by atoms with Crippen LogP contribution in [0.3, 0.4) is 0 Å².